The van der Waals surface area contributed by atoms with Crippen LogP contribution in [0, 0.1) is 6.92 Å². The minimum atomic E-state index is -0.660. The molecule has 0 radical (unpaired) electrons. The molecule has 4 heteroatoms. The number of carbonyl (C=O) groups excluding carboxylic acids is 2. The van der Waals surface area contributed by atoms with Crippen molar-refractivity contribution in [2.45, 2.75) is 6.92 Å². The molecule has 0 heterocycles. The second-order valence-electron chi connectivity index (χ2n) is 4.11. The summed E-state index contributed by atoms with van der Waals surface area (Å²) >= 11 is 0. The van der Waals surface area contributed by atoms with Gasteiger partial charge in [0.1, 0.15) is 0 Å². The molecule has 0 bridgehead atoms. The summed E-state index contributed by atoms with van der Waals surface area (Å²) in [5.41, 5.74) is 1.69. The van der Waals surface area contributed by atoms with Crippen LogP contribution in [0.25, 0.3) is 0 Å². The van der Waals surface area contributed by atoms with E-state index in [0.29, 0.717) is 18.8 Å². The molecule has 19 heavy (non-hydrogen) atoms. The van der Waals surface area contributed by atoms with Gasteiger partial charge in [0.25, 0.3) is 0 Å². The van der Waals surface area contributed by atoms with Crippen molar-refractivity contribution in [2.24, 2.45) is 0 Å². The smallest absolute Gasteiger partial charge is 0.313 e. The predicted molar refractivity (Wildman–Crippen MR) is 76.8 cm³/mol. The highest BCUT2D eigenvalue weighted by Gasteiger charge is 2.19. The van der Waals surface area contributed by atoms with Gasteiger partial charge in [0.15, 0.2) is 0 Å². The Morgan fingerprint density at radius 2 is 1.68 bits per heavy atom. The van der Waals surface area contributed by atoms with Gasteiger partial charge in [0.2, 0.25) is 0 Å². The van der Waals surface area contributed by atoms with Crippen LogP contribution in [0.3, 0.4) is 0 Å². The Hall–Kier alpha value is -2.36. The Morgan fingerprint density at radius 3 is 2.16 bits per heavy atom. The highest BCUT2D eigenvalue weighted by Crippen LogP contribution is 2.08. The summed E-state index contributed by atoms with van der Waals surface area (Å²) in [6.07, 6.45) is 3.14. The van der Waals surface area contributed by atoms with Crippen LogP contribution in [0.5, 0.6) is 0 Å². The molecule has 0 saturated heterocycles. The van der Waals surface area contributed by atoms with Crippen LogP contribution in [-0.2, 0) is 9.59 Å². The second-order valence-corrected chi connectivity index (χ2v) is 4.11. The van der Waals surface area contributed by atoms with Crippen LogP contribution >= 0.6 is 0 Å². The van der Waals surface area contributed by atoms with Gasteiger partial charge in [-0.15, -0.1) is 13.2 Å². The molecule has 2 amide bonds. The molecule has 0 aliphatic carbocycles. The highest BCUT2D eigenvalue weighted by molar-refractivity contribution is 6.39. The van der Waals surface area contributed by atoms with Crippen molar-refractivity contribution in [3.8, 4) is 0 Å². The summed E-state index contributed by atoms with van der Waals surface area (Å²) in [6, 6.07) is 7.24. The maximum Gasteiger partial charge on any atom is 0.313 e. The molecule has 100 valence electrons. The molecule has 1 aromatic carbocycles. The summed E-state index contributed by atoms with van der Waals surface area (Å²) < 4.78 is 0. The van der Waals surface area contributed by atoms with Crippen LogP contribution in [0.4, 0.5) is 5.69 Å². The van der Waals surface area contributed by atoms with Crippen molar-refractivity contribution in [3.05, 3.63) is 55.1 Å². The lowest BCUT2D eigenvalue weighted by molar-refractivity contribution is -0.142. The Morgan fingerprint density at radius 1 is 1.16 bits per heavy atom. The minimum absolute atomic E-state index is 0.312. The standard InChI is InChI=1S/C15H18N2O2/c1-4-10-17(11-5-2)15(19)14(18)16-13-8-6-12(3)7-9-13/h4-9H,1-2,10-11H2,3H3,(H,16,18). The van der Waals surface area contributed by atoms with E-state index >= 15 is 0 Å². The number of nitrogens with one attached hydrogen (secondary N) is 1. The molecular weight excluding hydrogens is 240 g/mol. The van der Waals surface area contributed by atoms with Crippen LogP contribution in [0.2, 0.25) is 0 Å². The average Bonchev–Trinajstić information content (AvgIpc) is 2.40. The maximum absolute atomic E-state index is 11.9. The van der Waals surface area contributed by atoms with Crippen LogP contribution in [-0.4, -0.2) is 29.8 Å². The van der Waals surface area contributed by atoms with Crippen molar-refractivity contribution >= 4 is 17.5 Å². The summed E-state index contributed by atoms with van der Waals surface area (Å²) in [6.45, 7) is 9.69. The molecule has 0 spiro atoms. The zero-order chi connectivity index (χ0) is 14.3. The summed E-state index contributed by atoms with van der Waals surface area (Å²) in [7, 11) is 0. The zero-order valence-corrected chi connectivity index (χ0v) is 11.1. The van der Waals surface area contributed by atoms with E-state index < -0.39 is 11.8 Å². The van der Waals surface area contributed by atoms with Gasteiger partial charge >= 0.3 is 11.8 Å². The van der Waals surface area contributed by atoms with E-state index in [9.17, 15) is 9.59 Å². The molecule has 0 atom stereocenters. The molecule has 1 N–H and O–H groups in total. The topological polar surface area (TPSA) is 49.4 Å². The highest BCUT2D eigenvalue weighted by atomic mass is 16.2. The average molecular weight is 258 g/mol. The third-order valence-electron chi connectivity index (χ3n) is 2.49. The summed E-state index contributed by atoms with van der Waals surface area (Å²) in [5.74, 6) is -1.26. The van der Waals surface area contributed by atoms with Crippen molar-refractivity contribution in [2.75, 3.05) is 18.4 Å². The molecule has 0 aliphatic heterocycles. The summed E-state index contributed by atoms with van der Waals surface area (Å²) in [5, 5.41) is 2.57. The third-order valence-corrected chi connectivity index (χ3v) is 2.49. The minimum Gasteiger partial charge on any atom is -0.327 e. The number of hydrogen-bond acceptors (Lipinski definition) is 2. The number of anilines is 1. The quantitative estimate of drug-likeness (QED) is 0.649. The number of carbonyl (C=O) groups is 2. The fourth-order valence-corrected chi connectivity index (χ4v) is 1.52. The van der Waals surface area contributed by atoms with Gasteiger partial charge in [-0.3, -0.25) is 9.59 Å². The molecule has 0 unspecified atom stereocenters. The lowest BCUT2D eigenvalue weighted by Crippen LogP contribution is -2.39. The number of hydrogen-bond donors (Lipinski definition) is 1. The van der Waals surface area contributed by atoms with Gasteiger partial charge in [-0.05, 0) is 19.1 Å². The van der Waals surface area contributed by atoms with Gasteiger partial charge in [-0.25, -0.2) is 0 Å². The van der Waals surface area contributed by atoms with Crippen molar-refractivity contribution < 1.29 is 9.59 Å². The number of aryl methyl sites for hydroxylation is 1. The first kappa shape index (κ1) is 14.7. The predicted octanol–water partition coefficient (Wildman–Crippen LogP) is 2.13. The molecular formula is C15H18N2O2. The van der Waals surface area contributed by atoms with Gasteiger partial charge in [-0.1, -0.05) is 29.8 Å². The van der Waals surface area contributed by atoms with Crippen LogP contribution in [0.15, 0.2) is 49.6 Å². The van der Waals surface area contributed by atoms with Crippen molar-refractivity contribution in [3.63, 3.8) is 0 Å². The van der Waals surface area contributed by atoms with Crippen molar-refractivity contribution in [1.82, 2.24) is 4.90 Å². The molecule has 0 aromatic heterocycles. The van der Waals surface area contributed by atoms with Gasteiger partial charge in [-0.2, -0.15) is 0 Å². The first-order valence-corrected chi connectivity index (χ1v) is 5.97. The first-order valence-electron chi connectivity index (χ1n) is 5.97. The van der Waals surface area contributed by atoms with Crippen LogP contribution < -0.4 is 5.32 Å². The number of benzene rings is 1. The molecule has 1 rings (SSSR count). The zero-order valence-electron chi connectivity index (χ0n) is 11.1. The van der Waals surface area contributed by atoms with E-state index in [4.69, 9.17) is 0 Å². The van der Waals surface area contributed by atoms with E-state index in [1.165, 1.54) is 4.90 Å². The fraction of sp³-hybridized carbons (Fsp3) is 0.200. The van der Waals surface area contributed by atoms with E-state index in [2.05, 4.69) is 18.5 Å². The number of nitrogens with zero attached hydrogens (tertiary/aromatic N) is 1. The van der Waals surface area contributed by atoms with E-state index in [1.54, 1.807) is 24.3 Å². The molecule has 0 saturated carbocycles. The van der Waals surface area contributed by atoms with Crippen molar-refractivity contribution in [1.29, 1.82) is 0 Å². The SMILES string of the molecule is C=CCN(CC=C)C(=O)C(=O)Nc1ccc(C)cc1. The molecule has 1 aromatic rings. The van der Waals surface area contributed by atoms with Gasteiger partial charge < -0.3 is 10.2 Å². The van der Waals surface area contributed by atoms with E-state index in [-0.39, 0.29) is 0 Å². The summed E-state index contributed by atoms with van der Waals surface area (Å²) in [4.78, 5) is 25.1. The Kier molecular flexibility index (Phi) is 5.54. The fourth-order valence-electron chi connectivity index (χ4n) is 1.52. The molecule has 0 fully saturated rings. The first-order chi connectivity index (χ1) is 9.08. The third kappa shape index (κ3) is 4.43. The Balaban J connectivity index is 2.70. The number of rotatable bonds is 5. The maximum atomic E-state index is 11.9. The van der Waals surface area contributed by atoms with Gasteiger partial charge in [0.05, 0.1) is 0 Å². The Labute approximate surface area is 113 Å². The lowest BCUT2D eigenvalue weighted by Gasteiger charge is -2.18. The molecule has 0 aliphatic rings. The normalized spacial score (nSPS) is 9.53. The van der Waals surface area contributed by atoms with E-state index in [1.807, 2.05) is 19.1 Å². The van der Waals surface area contributed by atoms with E-state index in [0.717, 1.165) is 5.56 Å². The molecule has 4 nitrogen and oxygen atoms in total. The van der Waals surface area contributed by atoms with Gasteiger partial charge in [0, 0.05) is 18.8 Å². The Bertz CT molecular complexity index is 467. The number of amides is 2. The lowest BCUT2D eigenvalue weighted by atomic mass is 10.2. The largest absolute Gasteiger partial charge is 0.327 e. The van der Waals surface area contributed by atoms with Crippen LogP contribution in [0.1, 0.15) is 5.56 Å². The monoisotopic (exact) mass is 258 g/mol. The second kappa shape index (κ2) is 7.16.